The van der Waals surface area contributed by atoms with Gasteiger partial charge in [0.25, 0.3) is 5.91 Å². The van der Waals surface area contributed by atoms with E-state index in [1.807, 2.05) is 39.0 Å². The van der Waals surface area contributed by atoms with Gasteiger partial charge in [-0.25, -0.2) is 0 Å². The highest BCUT2D eigenvalue weighted by atomic mass is 79.9. The normalized spacial score (nSPS) is 11.7. The highest BCUT2D eigenvalue weighted by molar-refractivity contribution is 9.10. The van der Waals surface area contributed by atoms with Crippen LogP contribution in [0.25, 0.3) is 0 Å². The number of aryl methyl sites for hydroxylation is 2. The predicted molar refractivity (Wildman–Crippen MR) is 120 cm³/mol. The summed E-state index contributed by atoms with van der Waals surface area (Å²) >= 11 is 3.47. The summed E-state index contributed by atoms with van der Waals surface area (Å²) < 4.78 is 22.6. The Morgan fingerprint density at radius 3 is 2.42 bits per heavy atom. The van der Waals surface area contributed by atoms with Crippen molar-refractivity contribution in [3.8, 4) is 17.2 Å². The molecule has 0 aliphatic carbocycles. The molecule has 3 rings (SSSR count). The van der Waals surface area contributed by atoms with Crippen molar-refractivity contribution in [3.05, 3.63) is 69.0 Å². The van der Waals surface area contributed by atoms with Gasteiger partial charge in [0.1, 0.15) is 18.1 Å². The van der Waals surface area contributed by atoms with Crippen molar-refractivity contribution in [1.82, 2.24) is 10.5 Å². The lowest BCUT2D eigenvalue weighted by Gasteiger charge is -2.17. The highest BCUT2D eigenvalue weighted by Crippen LogP contribution is 2.31. The molecule has 7 nitrogen and oxygen atoms in total. The number of aromatic nitrogens is 1. The van der Waals surface area contributed by atoms with Crippen molar-refractivity contribution in [2.24, 2.45) is 0 Å². The molecule has 1 heterocycles. The molecular formula is C23H25BrN2O5. The molecule has 0 bridgehead atoms. The Balaban J connectivity index is 1.70. The number of carbonyl (C=O) groups is 1. The maximum atomic E-state index is 12.8. The molecule has 0 spiro atoms. The summed E-state index contributed by atoms with van der Waals surface area (Å²) in [5.74, 6) is 2.24. The van der Waals surface area contributed by atoms with Crippen molar-refractivity contribution in [3.63, 3.8) is 0 Å². The van der Waals surface area contributed by atoms with Crippen molar-refractivity contribution < 1.29 is 23.5 Å². The first-order chi connectivity index (χ1) is 14.8. The van der Waals surface area contributed by atoms with Crippen LogP contribution in [0.3, 0.4) is 0 Å². The third-order valence-electron chi connectivity index (χ3n) is 5.00. The van der Waals surface area contributed by atoms with Gasteiger partial charge in [0.2, 0.25) is 0 Å². The summed E-state index contributed by atoms with van der Waals surface area (Å²) in [6.07, 6.45) is 0. The fourth-order valence-corrected chi connectivity index (χ4v) is 3.66. The van der Waals surface area contributed by atoms with Gasteiger partial charge in [-0.05, 0) is 72.6 Å². The van der Waals surface area contributed by atoms with Crippen LogP contribution >= 0.6 is 15.9 Å². The molecule has 164 valence electrons. The van der Waals surface area contributed by atoms with Gasteiger partial charge in [-0.1, -0.05) is 11.2 Å². The van der Waals surface area contributed by atoms with Gasteiger partial charge in [-0.15, -0.1) is 0 Å². The van der Waals surface area contributed by atoms with Gasteiger partial charge in [-0.2, -0.15) is 0 Å². The van der Waals surface area contributed by atoms with Crippen molar-refractivity contribution in [1.29, 1.82) is 0 Å². The molecule has 0 aliphatic heterocycles. The third-order valence-corrected chi connectivity index (χ3v) is 5.62. The number of hydrogen-bond acceptors (Lipinski definition) is 6. The van der Waals surface area contributed by atoms with Crippen LogP contribution in [0.1, 0.15) is 45.9 Å². The number of amides is 1. The van der Waals surface area contributed by atoms with Crippen LogP contribution in [0.2, 0.25) is 0 Å². The maximum absolute atomic E-state index is 12.8. The average molecular weight is 489 g/mol. The Hall–Kier alpha value is -3.00. The Morgan fingerprint density at radius 2 is 1.81 bits per heavy atom. The summed E-state index contributed by atoms with van der Waals surface area (Å²) in [7, 11) is 3.15. The molecule has 0 radical (unpaired) electrons. The smallest absolute Gasteiger partial charge is 0.251 e. The first kappa shape index (κ1) is 22.7. The molecule has 0 saturated carbocycles. The average Bonchev–Trinajstić information content (AvgIpc) is 3.09. The van der Waals surface area contributed by atoms with E-state index >= 15 is 0 Å². The van der Waals surface area contributed by atoms with Crippen LogP contribution < -0.4 is 19.5 Å². The summed E-state index contributed by atoms with van der Waals surface area (Å²) in [6, 6.07) is 10.6. The molecule has 1 unspecified atom stereocenters. The van der Waals surface area contributed by atoms with Crippen LogP contribution in [0.4, 0.5) is 0 Å². The Bertz CT molecular complexity index is 1060. The van der Waals surface area contributed by atoms with E-state index in [4.69, 9.17) is 18.7 Å². The molecule has 1 aromatic heterocycles. The van der Waals surface area contributed by atoms with Gasteiger partial charge >= 0.3 is 0 Å². The molecule has 31 heavy (non-hydrogen) atoms. The minimum absolute atomic E-state index is 0.198. The largest absolute Gasteiger partial charge is 0.496 e. The molecule has 1 amide bonds. The number of rotatable bonds is 8. The zero-order valence-corrected chi connectivity index (χ0v) is 19.7. The number of halogens is 1. The number of carbonyl (C=O) groups excluding carboxylic acids is 1. The minimum atomic E-state index is -0.213. The summed E-state index contributed by atoms with van der Waals surface area (Å²) in [6.45, 7) is 5.92. The van der Waals surface area contributed by atoms with Gasteiger partial charge in [-0.3, -0.25) is 4.79 Å². The summed E-state index contributed by atoms with van der Waals surface area (Å²) in [5, 5.41) is 6.93. The van der Waals surface area contributed by atoms with Crippen LogP contribution in [0.5, 0.6) is 17.2 Å². The second kappa shape index (κ2) is 9.87. The van der Waals surface area contributed by atoms with Crippen molar-refractivity contribution in [2.75, 3.05) is 14.2 Å². The van der Waals surface area contributed by atoms with E-state index in [-0.39, 0.29) is 11.9 Å². The number of methoxy groups -OCH3 is 2. The van der Waals surface area contributed by atoms with E-state index in [0.717, 1.165) is 27.0 Å². The Labute approximate surface area is 189 Å². The van der Waals surface area contributed by atoms with E-state index in [9.17, 15) is 4.79 Å². The minimum Gasteiger partial charge on any atom is -0.496 e. The lowest BCUT2D eigenvalue weighted by molar-refractivity contribution is 0.0939. The standard InChI is InChI=1S/C23H25BrN2O5/c1-13(16-6-8-20(28-4)19(24)10-16)25-23(27)17-7-9-21(22(11-17)29-5)30-12-18-14(2)26-31-15(18)3/h6-11,13H,12H2,1-5H3,(H,25,27). The monoisotopic (exact) mass is 488 g/mol. The fourth-order valence-electron chi connectivity index (χ4n) is 3.10. The lowest BCUT2D eigenvalue weighted by atomic mass is 10.1. The van der Waals surface area contributed by atoms with E-state index < -0.39 is 0 Å². The second-order valence-corrected chi connectivity index (χ2v) is 7.90. The van der Waals surface area contributed by atoms with Gasteiger partial charge in [0, 0.05) is 5.56 Å². The van der Waals surface area contributed by atoms with Crippen LogP contribution in [0.15, 0.2) is 45.4 Å². The SMILES string of the molecule is COc1ccc(C(C)NC(=O)c2ccc(OCc3c(C)noc3C)c(OC)c2)cc1Br. The molecule has 8 heteroatoms. The molecule has 1 atom stereocenters. The predicted octanol–water partition coefficient (Wildman–Crippen LogP) is 5.14. The fraction of sp³-hybridized carbons (Fsp3) is 0.304. The molecule has 2 aromatic carbocycles. The van der Waals surface area contributed by atoms with Crippen LogP contribution in [0, 0.1) is 13.8 Å². The van der Waals surface area contributed by atoms with Crippen molar-refractivity contribution >= 4 is 21.8 Å². The zero-order chi connectivity index (χ0) is 22.5. The first-order valence-corrected chi connectivity index (χ1v) is 10.5. The number of benzene rings is 2. The number of hydrogen-bond donors (Lipinski definition) is 1. The first-order valence-electron chi connectivity index (χ1n) is 9.71. The molecule has 0 fully saturated rings. The quantitative estimate of drug-likeness (QED) is 0.472. The maximum Gasteiger partial charge on any atom is 0.251 e. The molecule has 1 N–H and O–H groups in total. The molecule has 3 aromatic rings. The zero-order valence-electron chi connectivity index (χ0n) is 18.1. The summed E-state index contributed by atoms with van der Waals surface area (Å²) in [4.78, 5) is 12.8. The van der Waals surface area contributed by atoms with E-state index in [0.29, 0.717) is 29.4 Å². The van der Waals surface area contributed by atoms with Gasteiger partial charge in [0.15, 0.2) is 11.5 Å². The number of nitrogens with one attached hydrogen (secondary N) is 1. The molecule has 0 saturated heterocycles. The van der Waals surface area contributed by atoms with Crippen LogP contribution in [-0.4, -0.2) is 25.3 Å². The van der Waals surface area contributed by atoms with Crippen molar-refractivity contribution in [2.45, 2.75) is 33.4 Å². The van der Waals surface area contributed by atoms with E-state index in [1.165, 1.54) is 7.11 Å². The Morgan fingerprint density at radius 1 is 1.10 bits per heavy atom. The molecular weight excluding hydrogens is 464 g/mol. The number of nitrogens with zero attached hydrogens (tertiary/aromatic N) is 1. The summed E-state index contributed by atoms with van der Waals surface area (Å²) in [5.41, 5.74) is 3.10. The van der Waals surface area contributed by atoms with Gasteiger partial charge < -0.3 is 24.1 Å². The third kappa shape index (κ3) is 5.19. The number of ether oxygens (including phenoxy) is 3. The lowest BCUT2D eigenvalue weighted by Crippen LogP contribution is -2.26. The highest BCUT2D eigenvalue weighted by Gasteiger charge is 2.16. The topological polar surface area (TPSA) is 82.8 Å². The van der Waals surface area contributed by atoms with Gasteiger partial charge in [0.05, 0.1) is 36.0 Å². The second-order valence-electron chi connectivity index (χ2n) is 7.05. The van der Waals surface area contributed by atoms with E-state index in [2.05, 4.69) is 26.4 Å². The van der Waals surface area contributed by atoms with Crippen LogP contribution in [-0.2, 0) is 6.61 Å². The Kier molecular flexibility index (Phi) is 7.22. The van der Waals surface area contributed by atoms with E-state index in [1.54, 1.807) is 25.3 Å². The molecule has 0 aliphatic rings.